The second kappa shape index (κ2) is 6.85. The smallest absolute Gasteiger partial charge is 0.0793 e. The van der Waals surface area contributed by atoms with Crippen molar-refractivity contribution < 1.29 is 5.11 Å². The maximum absolute atomic E-state index is 10.2. The predicted molar refractivity (Wildman–Crippen MR) is 74.8 cm³/mol. The summed E-state index contributed by atoms with van der Waals surface area (Å²) in [6, 6.07) is 0.715. The van der Waals surface area contributed by atoms with Crippen LogP contribution in [0.1, 0.15) is 25.7 Å². The third-order valence-electron chi connectivity index (χ3n) is 4.51. The molecule has 1 N–H and O–H groups in total. The first-order chi connectivity index (χ1) is 8.65. The summed E-state index contributed by atoms with van der Waals surface area (Å²) in [6.45, 7) is 6.12. The van der Waals surface area contributed by atoms with Crippen LogP contribution in [0.5, 0.6) is 0 Å². The molecule has 0 spiro atoms. The first kappa shape index (κ1) is 14.3. The molecule has 2 rings (SSSR count). The Hall–Kier alpha value is -0.160. The van der Waals surface area contributed by atoms with Crippen molar-refractivity contribution in [2.75, 3.05) is 53.4 Å². The van der Waals surface area contributed by atoms with E-state index in [1.54, 1.807) is 0 Å². The summed E-state index contributed by atoms with van der Waals surface area (Å²) < 4.78 is 0. The van der Waals surface area contributed by atoms with E-state index < -0.39 is 0 Å². The second-order valence-electron chi connectivity index (χ2n) is 6.14. The first-order valence-corrected chi connectivity index (χ1v) is 7.44. The fourth-order valence-corrected chi connectivity index (χ4v) is 3.21. The molecule has 0 aromatic heterocycles. The zero-order valence-electron chi connectivity index (χ0n) is 12.0. The number of piperazine rings is 1. The molecule has 1 saturated heterocycles. The molecule has 1 atom stereocenters. The highest BCUT2D eigenvalue weighted by atomic mass is 16.3. The van der Waals surface area contributed by atoms with Crippen LogP contribution in [0.25, 0.3) is 0 Å². The van der Waals surface area contributed by atoms with Crippen molar-refractivity contribution in [1.82, 2.24) is 14.7 Å². The lowest BCUT2D eigenvalue weighted by atomic mass is 10.2. The van der Waals surface area contributed by atoms with Gasteiger partial charge in [-0.25, -0.2) is 0 Å². The third-order valence-corrected chi connectivity index (χ3v) is 4.51. The number of β-amino-alcohol motifs (C(OH)–C–C–N with tert-alkyl or cyclic N) is 1. The van der Waals surface area contributed by atoms with Gasteiger partial charge in [-0.1, -0.05) is 12.8 Å². The van der Waals surface area contributed by atoms with E-state index in [0.717, 1.165) is 39.3 Å². The topological polar surface area (TPSA) is 30.0 Å². The van der Waals surface area contributed by atoms with Crippen LogP contribution in [0.15, 0.2) is 0 Å². The van der Waals surface area contributed by atoms with E-state index in [4.69, 9.17) is 0 Å². The van der Waals surface area contributed by atoms with Crippen LogP contribution in [-0.4, -0.2) is 85.3 Å². The number of nitrogens with zero attached hydrogens (tertiary/aromatic N) is 3. The third kappa shape index (κ3) is 4.19. The SMILES string of the molecule is CN1CCN(CC(O)CN(C)C2CCCC2)CC1. The molecule has 1 saturated carbocycles. The zero-order valence-corrected chi connectivity index (χ0v) is 12.0. The summed E-state index contributed by atoms with van der Waals surface area (Å²) in [7, 11) is 4.34. The van der Waals surface area contributed by atoms with Crippen LogP contribution in [0.3, 0.4) is 0 Å². The maximum atomic E-state index is 10.2. The number of hydrogen-bond donors (Lipinski definition) is 1. The van der Waals surface area contributed by atoms with Crippen LogP contribution in [0.4, 0.5) is 0 Å². The van der Waals surface area contributed by atoms with Gasteiger partial charge in [-0.2, -0.15) is 0 Å². The monoisotopic (exact) mass is 255 g/mol. The largest absolute Gasteiger partial charge is 0.390 e. The average Bonchev–Trinajstić information content (AvgIpc) is 2.85. The molecule has 1 heterocycles. The molecule has 1 aliphatic carbocycles. The Balaban J connectivity index is 1.66. The highest BCUT2D eigenvalue weighted by Gasteiger charge is 2.23. The normalized spacial score (nSPS) is 26.0. The van der Waals surface area contributed by atoms with E-state index in [-0.39, 0.29) is 6.10 Å². The Kier molecular flexibility index (Phi) is 5.42. The van der Waals surface area contributed by atoms with E-state index in [1.807, 2.05) is 0 Å². The number of rotatable bonds is 5. The van der Waals surface area contributed by atoms with Gasteiger partial charge >= 0.3 is 0 Å². The predicted octanol–water partition coefficient (Wildman–Crippen LogP) is 0.469. The van der Waals surface area contributed by atoms with Gasteiger partial charge in [-0.15, -0.1) is 0 Å². The first-order valence-electron chi connectivity index (χ1n) is 7.44. The summed E-state index contributed by atoms with van der Waals surface area (Å²) in [5, 5.41) is 10.2. The van der Waals surface area contributed by atoms with E-state index in [1.165, 1.54) is 25.7 Å². The Bertz CT molecular complexity index is 235. The Labute approximate surface area is 112 Å². The second-order valence-corrected chi connectivity index (χ2v) is 6.14. The zero-order chi connectivity index (χ0) is 13.0. The molecule has 0 bridgehead atoms. The molecule has 106 valence electrons. The Morgan fingerprint density at radius 2 is 1.78 bits per heavy atom. The molecule has 2 fully saturated rings. The molecular weight excluding hydrogens is 226 g/mol. The van der Waals surface area contributed by atoms with E-state index in [2.05, 4.69) is 28.8 Å². The molecule has 0 amide bonds. The van der Waals surface area contributed by atoms with Gasteiger partial charge in [-0.3, -0.25) is 4.90 Å². The summed E-state index contributed by atoms with van der Waals surface area (Å²) in [6.07, 6.45) is 5.17. The standard InChI is InChI=1S/C14H29N3O/c1-15-7-9-17(10-8-15)12-14(18)11-16(2)13-5-3-4-6-13/h13-14,18H,3-12H2,1-2H3. The molecular formula is C14H29N3O. The number of hydrogen-bond acceptors (Lipinski definition) is 4. The quantitative estimate of drug-likeness (QED) is 0.773. The van der Waals surface area contributed by atoms with Gasteiger partial charge in [-0.05, 0) is 26.9 Å². The van der Waals surface area contributed by atoms with E-state index in [0.29, 0.717) is 6.04 Å². The highest BCUT2D eigenvalue weighted by Crippen LogP contribution is 2.22. The van der Waals surface area contributed by atoms with Gasteiger partial charge in [0.1, 0.15) is 0 Å². The van der Waals surface area contributed by atoms with Gasteiger partial charge in [0.15, 0.2) is 0 Å². The van der Waals surface area contributed by atoms with Crippen LogP contribution >= 0.6 is 0 Å². The molecule has 0 radical (unpaired) electrons. The highest BCUT2D eigenvalue weighted by molar-refractivity contribution is 4.79. The van der Waals surface area contributed by atoms with Crippen LogP contribution in [0.2, 0.25) is 0 Å². The minimum absolute atomic E-state index is 0.195. The van der Waals surface area contributed by atoms with Crippen molar-refractivity contribution in [3.8, 4) is 0 Å². The number of aliphatic hydroxyl groups excluding tert-OH is 1. The average molecular weight is 255 g/mol. The van der Waals surface area contributed by atoms with Crippen molar-refractivity contribution in [2.45, 2.75) is 37.8 Å². The van der Waals surface area contributed by atoms with Gasteiger partial charge in [0.05, 0.1) is 6.10 Å². The van der Waals surface area contributed by atoms with Crippen molar-refractivity contribution in [2.24, 2.45) is 0 Å². The van der Waals surface area contributed by atoms with Gasteiger partial charge in [0.2, 0.25) is 0 Å². The molecule has 1 aliphatic heterocycles. The number of aliphatic hydroxyl groups is 1. The fourth-order valence-electron chi connectivity index (χ4n) is 3.21. The minimum atomic E-state index is -0.195. The van der Waals surface area contributed by atoms with E-state index >= 15 is 0 Å². The van der Waals surface area contributed by atoms with Crippen LogP contribution < -0.4 is 0 Å². The maximum Gasteiger partial charge on any atom is 0.0793 e. The summed E-state index contributed by atoms with van der Waals surface area (Å²) in [5.41, 5.74) is 0. The van der Waals surface area contributed by atoms with Crippen molar-refractivity contribution >= 4 is 0 Å². The Morgan fingerprint density at radius 1 is 1.17 bits per heavy atom. The van der Waals surface area contributed by atoms with Crippen molar-refractivity contribution in [3.05, 3.63) is 0 Å². The van der Waals surface area contributed by atoms with Crippen LogP contribution in [0, 0.1) is 0 Å². The fraction of sp³-hybridized carbons (Fsp3) is 1.00. The van der Waals surface area contributed by atoms with Crippen molar-refractivity contribution in [1.29, 1.82) is 0 Å². The lowest BCUT2D eigenvalue weighted by Gasteiger charge is -2.35. The van der Waals surface area contributed by atoms with Crippen molar-refractivity contribution in [3.63, 3.8) is 0 Å². The summed E-state index contributed by atoms with van der Waals surface area (Å²) in [4.78, 5) is 7.12. The lowest BCUT2D eigenvalue weighted by Crippen LogP contribution is -2.49. The summed E-state index contributed by atoms with van der Waals surface area (Å²) >= 11 is 0. The lowest BCUT2D eigenvalue weighted by molar-refractivity contribution is 0.0520. The van der Waals surface area contributed by atoms with E-state index in [9.17, 15) is 5.11 Å². The molecule has 4 heteroatoms. The molecule has 18 heavy (non-hydrogen) atoms. The van der Waals surface area contributed by atoms with Gasteiger partial charge in [0.25, 0.3) is 0 Å². The van der Waals surface area contributed by atoms with Gasteiger partial charge < -0.3 is 14.9 Å². The summed E-state index contributed by atoms with van der Waals surface area (Å²) in [5.74, 6) is 0. The van der Waals surface area contributed by atoms with Crippen LogP contribution in [-0.2, 0) is 0 Å². The van der Waals surface area contributed by atoms with Gasteiger partial charge in [0, 0.05) is 45.3 Å². The number of likely N-dealkylation sites (N-methyl/N-ethyl adjacent to an activating group) is 2. The molecule has 0 aromatic carbocycles. The Morgan fingerprint density at radius 3 is 2.39 bits per heavy atom. The molecule has 4 nitrogen and oxygen atoms in total. The minimum Gasteiger partial charge on any atom is -0.390 e. The molecule has 2 aliphatic rings. The molecule has 0 aromatic rings. The molecule has 1 unspecified atom stereocenters.